The van der Waals surface area contributed by atoms with E-state index in [1.165, 1.54) is 29.2 Å². The molecule has 0 bridgehead atoms. The van der Waals surface area contributed by atoms with Gasteiger partial charge < -0.3 is 14.7 Å². The summed E-state index contributed by atoms with van der Waals surface area (Å²) in [6, 6.07) is 9.81. The van der Waals surface area contributed by atoms with Gasteiger partial charge in [0.15, 0.2) is 0 Å². The fraction of sp³-hybridized carbons (Fsp3) is 0.217. The van der Waals surface area contributed by atoms with Gasteiger partial charge in [-0.1, -0.05) is 24.3 Å². The second-order valence-electron chi connectivity index (χ2n) is 6.67. The van der Waals surface area contributed by atoms with Crippen LogP contribution in [-0.4, -0.2) is 34.8 Å². The van der Waals surface area contributed by atoms with Gasteiger partial charge in [0.1, 0.15) is 17.3 Å². The summed E-state index contributed by atoms with van der Waals surface area (Å²) in [5.74, 6) is -1.93. The first-order chi connectivity index (χ1) is 13.9. The van der Waals surface area contributed by atoms with E-state index in [0.717, 1.165) is 5.56 Å². The van der Waals surface area contributed by atoms with Crippen molar-refractivity contribution in [3.63, 3.8) is 0 Å². The number of carbonyl (C=O) groups excluding carboxylic acids is 2. The third-order valence-electron chi connectivity index (χ3n) is 4.81. The molecule has 29 heavy (non-hydrogen) atoms. The first-order valence-corrected chi connectivity index (χ1v) is 9.28. The monoisotopic (exact) mass is 395 g/mol. The van der Waals surface area contributed by atoms with Crippen molar-refractivity contribution >= 4 is 17.4 Å². The van der Waals surface area contributed by atoms with Gasteiger partial charge in [-0.15, -0.1) is 6.58 Å². The standard InChI is InChI=1S/C23H22FNO4/c1-4-12-25-20(16-8-6-7-9-17(16)24)19(22(27)23(25)28)21(26)15-10-11-18(29-5-2)14(3)13-15/h4,6-11,13,20,26H,1,5,12H2,2-3H3/b21-19-. The number of ether oxygens (including phenoxy) is 1. The number of amides is 1. The van der Waals surface area contributed by atoms with Crippen molar-refractivity contribution in [2.45, 2.75) is 19.9 Å². The molecular formula is C23H22FNO4. The van der Waals surface area contributed by atoms with E-state index in [0.29, 0.717) is 17.9 Å². The number of halogens is 1. The first-order valence-electron chi connectivity index (χ1n) is 9.28. The van der Waals surface area contributed by atoms with Crippen molar-refractivity contribution in [2.24, 2.45) is 0 Å². The molecule has 1 N–H and O–H groups in total. The lowest BCUT2D eigenvalue weighted by atomic mass is 9.94. The van der Waals surface area contributed by atoms with Crippen LogP contribution < -0.4 is 4.74 Å². The summed E-state index contributed by atoms with van der Waals surface area (Å²) in [5, 5.41) is 11.0. The smallest absolute Gasteiger partial charge is 0.295 e. The molecule has 3 rings (SSSR count). The van der Waals surface area contributed by atoms with Gasteiger partial charge in [0, 0.05) is 17.7 Å². The van der Waals surface area contributed by atoms with Crippen LogP contribution in [-0.2, 0) is 9.59 Å². The molecule has 0 aromatic heterocycles. The van der Waals surface area contributed by atoms with Crippen LogP contribution in [0.5, 0.6) is 5.75 Å². The second-order valence-corrected chi connectivity index (χ2v) is 6.67. The fourth-order valence-corrected chi connectivity index (χ4v) is 3.50. The van der Waals surface area contributed by atoms with Crippen molar-refractivity contribution in [3.8, 4) is 5.75 Å². The molecule has 0 radical (unpaired) electrons. The van der Waals surface area contributed by atoms with E-state index in [2.05, 4.69) is 6.58 Å². The number of carbonyl (C=O) groups is 2. The van der Waals surface area contributed by atoms with Crippen LogP contribution in [0.3, 0.4) is 0 Å². The Hall–Kier alpha value is -3.41. The molecule has 1 aliphatic heterocycles. The van der Waals surface area contributed by atoms with Crippen LogP contribution in [0.25, 0.3) is 5.76 Å². The first kappa shape index (κ1) is 20.3. The Labute approximate surface area is 168 Å². The molecular weight excluding hydrogens is 373 g/mol. The molecule has 1 heterocycles. The minimum atomic E-state index is -1.04. The Morgan fingerprint density at radius 3 is 2.62 bits per heavy atom. The van der Waals surface area contributed by atoms with Gasteiger partial charge in [-0.25, -0.2) is 4.39 Å². The van der Waals surface area contributed by atoms with Crippen LogP contribution in [0, 0.1) is 12.7 Å². The number of aryl methyl sites for hydroxylation is 1. The number of ketones is 1. The summed E-state index contributed by atoms with van der Waals surface area (Å²) in [5.41, 5.74) is 1.10. The van der Waals surface area contributed by atoms with Crippen LogP contribution in [0.1, 0.15) is 29.7 Å². The Morgan fingerprint density at radius 1 is 1.28 bits per heavy atom. The number of Topliss-reactive ketones (excluding diaryl/α,β-unsaturated/α-hetero) is 1. The molecule has 2 aromatic rings. The van der Waals surface area contributed by atoms with Crippen molar-refractivity contribution in [1.82, 2.24) is 4.90 Å². The molecule has 1 aliphatic rings. The number of hydrogen-bond donors (Lipinski definition) is 1. The number of aliphatic hydroxyl groups excluding tert-OH is 1. The highest BCUT2D eigenvalue weighted by atomic mass is 19.1. The third-order valence-corrected chi connectivity index (χ3v) is 4.81. The maximum Gasteiger partial charge on any atom is 0.295 e. The molecule has 1 amide bonds. The second kappa shape index (κ2) is 8.31. The van der Waals surface area contributed by atoms with Crippen LogP contribution in [0.15, 0.2) is 60.7 Å². The van der Waals surface area contributed by atoms with Crippen LogP contribution in [0.2, 0.25) is 0 Å². The zero-order chi connectivity index (χ0) is 21.1. The lowest BCUT2D eigenvalue weighted by Gasteiger charge is -2.24. The maximum atomic E-state index is 14.6. The Bertz CT molecular complexity index is 1010. The van der Waals surface area contributed by atoms with Crippen molar-refractivity contribution in [3.05, 3.63) is 83.2 Å². The summed E-state index contributed by atoms with van der Waals surface area (Å²) in [6.45, 7) is 7.82. The van der Waals surface area contributed by atoms with Gasteiger partial charge in [-0.2, -0.15) is 0 Å². The van der Waals surface area contributed by atoms with E-state index in [-0.39, 0.29) is 23.4 Å². The summed E-state index contributed by atoms with van der Waals surface area (Å²) in [6.07, 6.45) is 1.46. The fourth-order valence-electron chi connectivity index (χ4n) is 3.50. The summed E-state index contributed by atoms with van der Waals surface area (Å²) < 4.78 is 20.1. The highest BCUT2D eigenvalue weighted by molar-refractivity contribution is 6.46. The quantitative estimate of drug-likeness (QED) is 0.346. The Kier molecular flexibility index (Phi) is 5.82. The zero-order valence-corrected chi connectivity index (χ0v) is 16.3. The molecule has 1 unspecified atom stereocenters. The molecule has 2 aromatic carbocycles. The SMILES string of the molecule is C=CCN1C(=O)C(=O)/C(=C(\O)c2ccc(OCC)c(C)c2)C1c1ccccc1F. The van der Waals surface area contributed by atoms with Crippen molar-refractivity contribution in [1.29, 1.82) is 0 Å². The third kappa shape index (κ3) is 3.66. The van der Waals surface area contributed by atoms with E-state index < -0.39 is 23.5 Å². The number of rotatable bonds is 6. The lowest BCUT2D eigenvalue weighted by Crippen LogP contribution is -2.30. The number of likely N-dealkylation sites (tertiary alicyclic amines) is 1. The van der Waals surface area contributed by atoms with Gasteiger partial charge in [0.2, 0.25) is 0 Å². The molecule has 1 atom stereocenters. The van der Waals surface area contributed by atoms with Gasteiger partial charge in [-0.3, -0.25) is 9.59 Å². The summed E-state index contributed by atoms with van der Waals surface area (Å²) in [7, 11) is 0. The van der Waals surface area contributed by atoms with Gasteiger partial charge in [0.25, 0.3) is 11.7 Å². The summed E-state index contributed by atoms with van der Waals surface area (Å²) >= 11 is 0. The summed E-state index contributed by atoms with van der Waals surface area (Å²) in [4.78, 5) is 26.6. The normalized spacial score (nSPS) is 18.2. The topological polar surface area (TPSA) is 66.8 Å². The number of hydrogen-bond acceptors (Lipinski definition) is 4. The van der Waals surface area contributed by atoms with Crippen LogP contribution >= 0.6 is 0 Å². The van der Waals surface area contributed by atoms with Gasteiger partial charge in [0.05, 0.1) is 18.2 Å². The van der Waals surface area contributed by atoms with Crippen molar-refractivity contribution in [2.75, 3.05) is 13.2 Å². The van der Waals surface area contributed by atoms with Gasteiger partial charge >= 0.3 is 0 Å². The Morgan fingerprint density at radius 2 is 2.00 bits per heavy atom. The molecule has 0 aliphatic carbocycles. The van der Waals surface area contributed by atoms with Crippen molar-refractivity contribution < 1.29 is 23.8 Å². The molecule has 5 nitrogen and oxygen atoms in total. The van der Waals surface area contributed by atoms with E-state index in [1.54, 1.807) is 24.3 Å². The van der Waals surface area contributed by atoms with E-state index in [1.807, 2.05) is 13.8 Å². The molecule has 6 heteroatoms. The highest BCUT2D eigenvalue weighted by Gasteiger charge is 2.46. The van der Waals surface area contributed by atoms with Crippen LogP contribution in [0.4, 0.5) is 4.39 Å². The minimum absolute atomic E-state index is 0.0443. The molecule has 1 saturated heterocycles. The predicted octanol–water partition coefficient (Wildman–Crippen LogP) is 4.14. The lowest BCUT2D eigenvalue weighted by molar-refractivity contribution is -0.139. The highest BCUT2D eigenvalue weighted by Crippen LogP contribution is 2.40. The maximum absolute atomic E-state index is 14.6. The van der Waals surface area contributed by atoms with Gasteiger partial charge in [-0.05, 0) is 43.7 Å². The average molecular weight is 395 g/mol. The molecule has 1 fully saturated rings. The Balaban J connectivity index is 2.19. The number of benzene rings is 2. The zero-order valence-electron chi connectivity index (χ0n) is 16.3. The number of nitrogens with zero attached hydrogens (tertiary/aromatic N) is 1. The number of aliphatic hydroxyl groups is 1. The molecule has 0 saturated carbocycles. The van der Waals surface area contributed by atoms with E-state index >= 15 is 0 Å². The predicted molar refractivity (Wildman–Crippen MR) is 108 cm³/mol. The minimum Gasteiger partial charge on any atom is -0.507 e. The molecule has 0 spiro atoms. The molecule has 150 valence electrons. The largest absolute Gasteiger partial charge is 0.507 e. The average Bonchev–Trinajstić information content (AvgIpc) is 2.94. The van der Waals surface area contributed by atoms with E-state index in [4.69, 9.17) is 4.74 Å². The van der Waals surface area contributed by atoms with E-state index in [9.17, 15) is 19.1 Å².